The first kappa shape index (κ1) is 19.8. The van der Waals surface area contributed by atoms with Crippen LogP contribution in [0.1, 0.15) is 36.8 Å². The Kier molecular flexibility index (Phi) is 6.39. The van der Waals surface area contributed by atoms with E-state index in [1.54, 1.807) is 12.4 Å². The fourth-order valence-electron chi connectivity index (χ4n) is 4.45. The lowest BCUT2D eigenvalue weighted by atomic mass is 9.96. The maximum absolute atomic E-state index is 12.9. The highest BCUT2D eigenvalue weighted by Gasteiger charge is 2.29. The molecular formula is C23H31N5O. The van der Waals surface area contributed by atoms with Crippen molar-refractivity contribution >= 4 is 11.9 Å². The monoisotopic (exact) mass is 393 g/mol. The summed E-state index contributed by atoms with van der Waals surface area (Å²) in [6, 6.07) is 10.8. The molecule has 0 saturated carbocycles. The van der Waals surface area contributed by atoms with Crippen LogP contribution in [0.3, 0.4) is 0 Å². The average molecular weight is 394 g/mol. The number of carbonyl (C=O) groups excluding carboxylic acids is 1. The van der Waals surface area contributed by atoms with Gasteiger partial charge in [-0.2, -0.15) is 0 Å². The number of amides is 1. The van der Waals surface area contributed by atoms with Crippen LogP contribution in [0.2, 0.25) is 0 Å². The molecule has 2 fully saturated rings. The van der Waals surface area contributed by atoms with Gasteiger partial charge in [0, 0.05) is 51.2 Å². The highest BCUT2D eigenvalue weighted by molar-refractivity contribution is 5.79. The number of anilines is 1. The van der Waals surface area contributed by atoms with Crippen molar-refractivity contribution in [3.05, 3.63) is 53.9 Å². The summed E-state index contributed by atoms with van der Waals surface area (Å²) in [6.07, 6.45) is 7.52. The van der Waals surface area contributed by atoms with Crippen molar-refractivity contribution in [1.29, 1.82) is 0 Å². The van der Waals surface area contributed by atoms with Crippen molar-refractivity contribution in [2.75, 3.05) is 31.1 Å². The van der Waals surface area contributed by atoms with E-state index in [1.165, 1.54) is 11.1 Å². The minimum Gasteiger partial charge on any atom is -0.353 e. The SMILES string of the molecule is Cc1cccc(CN2CCC(NC(=O)[C@H]3CCCN(c4ncccn4)C3)CC2)c1. The largest absolute Gasteiger partial charge is 0.353 e. The Morgan fingerprint density at radius 3 is 2.66 bits per heavy atom. The Morgan fingerprint density at radius 1 is 1.10 bits per heavy atom. The summed E-state index contributed by atoms with van der Waals surface area (Å²) in [5.74, 6) is 0.954. The summed E-state index contributed by atoms with van der Waals surface area (Å²) >= 11 is 0. The Morgan fingerprint density at radius 2 is 1.90 bits per heavy atom. The zero-order chi connectivity index (χ0) is 20.1. The van der Waals surface area contributed by atoms with Crippen LogP contribution < -0.4 is 10.2 Å². The maximum atomic E-state index is 12.9. The predicted octanol–water partition coefficient (Wildman–Crippen LogP) is 2.78. The van der Waals surface area contributed by atoms with Crippen molar-refractivity contribution < 1.29 is 4.79 Å². The van der Waals surface area contributed by atoms with Crippen LogP contribution in [0.25, 0.3) is 0 Å². The molecule has 2 saturated heterocycles. The molecular weight excluding hydrogens is 362 g/mol. The number of aryl methyl sites for hydroxylation is 1. The fourth-order valence-corrected chi connectivity index (χ4v) is 4.45. The standard InChI is InChI=1S/C23H31N5O/c1-18-5-2-6-19(15-18)16-27-13-8-21(9-14-27)26-22(29)20-7-3-12-28(17-20)23-24-10-4-11-25-23/h2,4-6,10-11,15,20-21H,3,7-9,12-14,16-17H2,1H3,(H,26,29)/t20-/m0/s1. The number of hydrogen-bond acceptors (Lipinski definition) is 5. The summed E-state index contributed by atoms with van der Waals surface area (Å²) in [5.41, 5.74) is 2.69. The van der Waals surface area contributed by atoms with E-state index in [-0.39, 0.29) is 11.8 Å². The third kappa shape index (κ3) is 5.32. The Hall–Kier alpha value is -2.47. The van der Waals surface area contributed by atoms with Gasteiger partial charge in [0.1, 0.15) is 0 Å². The molecule has 0 aliphatic carbocycles. The van der Waals surface area contributed by atoms with E-state index in [1.807, 2.05) is 6.07 Å². The Balaban J connectivity index is 1.24. The molecule has 1 atom stereocenters. The van der Waals surface area contributed by atoms with Gasteiger partial charge in [-0.05, 0) is 44.2 Å². The second-order valence-electron chi connectivity index (χ2n) is 8.38. The number of likely N-dealkylation sites (tertiary alicyclic amines) is 1. The van der Waals surface area contributed by atoms with Gasteiger partial charge < -0.3 is 10.2 Å². The van der Waals surface area contributed by atoms with Crippen LogP contribution in [0.4, 0.5) is 5.95 Å². The zero-order valence-corrected chi connectivity index (χ0v) is 17.3. The molecule has 0 spiro atoms. The molecule has 2 aliphatic heterocycles. The zero-order valence-electron chi connectivity index (χ0n) is 17.3. The van der Waals surface area contributed by atoms with Crippen molar-refractivity contribution in [3.8, 4) is 0 Å². The van der Waals surface area contributed by atoms with Gasteiger partial charge in [-0.1, -0.05) is 29.8 Å². The smallest absolute Gasteiger partial charge is 0.225 e. The third-order valence-electron chi connectivity index (χ3n) is 6.05. The Labute approximate surface area is 173 Å². The number of aromatic nitrogens is 2. The van der Waals surface area contributed by atoms with E-state index < -0.39 is 0 Å². The number of piperidine rings is 2. The molecule has 1 amide bonds. The first-order valence-electron chi connectivity index (χ1n) is 10.8. The third-order valence-corrected chi connectivity index (χ3v) is 6.05. The molecule has 1 aromatic carbocycles. The maximum Gasteiger partial charge on any atom is 0.225 e. The number of carbonyl (C=O) groups is 1. The highest BCUT2D eigenvalue weighted by Crippen LogP contribution is 2.21. The molecule has 6 nitrogen and oxygen atoms in total. The molecule has 0 bridgehead atoms. The highest BCUT2D eigenvalue weighted by atomic mass is 16.2. The minimum absolute atomic E-state index is 0.0258. The van der Waals surface area contributed by atoms with E-state index >= 15 is 0 Å². The van der Waals surface area contributed by atoms with Gasteiger partial charge in [-0.15, -0.1) is 0 Å². The summed E-state index contributed by atoms with van der Waals surface area (Å²) < 4.78 is 0. The molecule has 0 radical (unpaired) electrons. The lowest BCUT2D eigenvalue weighted by Gasteiger charge is -2.35. The summed E-state index contributed by atoms with van der Waals surface area (Å²) in [5, 5.41) is 3.32. The lowest BCUT2D eigenvalue weighted by Crippen LogP contribution is -2.49. The van der Waals surface area contributed by atoms with Gasteiger partial charge >= 0.3 is 0 Å². The van der Waals surface area contributed by atoms with E-state index in [4.69, 9.17) is 0 Å². The predicted molar refractivity (Wildman–Crippen MR) is 115 cm³/mol. The quantitative estimate of drug-likeness (QED) is 0.846. The molecule has 2 aromatic rings. The van der Waals surface area contributed by atoms with E-state index in [0.717, 1.165) is 57.8 Å². The second kappa shape index (κ2) is 9.35. The number of rotatable bonds is 5. The number of nitrogens with one attached hydrogen (secondary N) is 1. The van der Waals surface area contributed by atoms with Crippen molar-refractivity contribution in [2.45, 2.75) is 45.2 Å². The van der Waals surface area contributed by atoms with Crippen LogP contribution in [0.15, 0.2) is 42.7 Å². The van der Waals surface area contributed by atoms with E-state index in [0.29, 0.717) is 12.6 Å². The number of benzene rings is 1. The van der Waals surface area contributed by atoms with Crippen LogP contribution in [-0.4, -0.2) is 53.0 Å². The summed E-state index contributed by atoms with van der Waals surface area (Å²) in [4.78, 5) is 26.2. The molecule has 1 N–H and O–H groups in total. The Bertz CT molecular complexity index is 804. The number of nitrogens with zero attached hydrogens (tertiary/aromatic N) is 4. The van der Waals surface area contributed by atoms with Gasteiger partial charge in [0.15, 0.2) is 0 Å². The first-order valence-corrected chi connectivity index (χ1v) is 10.8. The van der Waals surface area contributed by atoms with Crippen molar-refractivity contribution in [3.63, 3.8) is 0 Å². The molecule has 2 aliphatic rings. The van der Waals surface area contributed by atoms with Gasteiger partial charge in [0.25, 0.3) is 0 Å². The molecule has 1 aromatic heterocycles. The number of hydrogen-bond donors (Lipinski definition) is 1. The molecule has 154 valence electrons. The van der Waals surface area contributed by atoms with E-state index in [2.05, 4.69) is 56.3 Å². The minimum atomic E-state index is 0.0258. The van der Waals surface area contributed by atoms with Crippen molar-refractivity contribution in [1.82, 2.24) is 20.2 Å². The summed E-state index contributed by atoms with van der Waals surface area (Å²) in [6.45, 7) is 6.84. The van der Waals surface area contributed by atoms with Crippen LogP contribution in [-0.2, 0) is 11.3 Å². The normalized spacial score (nSPS) is 21.1. The molecule has 6 heteroatoms. The average Bonchev–Trinajstić information content (AvgIpc) is 2.76. The molecule has 4 rings (SSSR count). The molecule has 3 heterocycles. The van der Waals surface area contributed by atoms with Gasteiger partial charge in [0.05, 0.1) is 5.92 Å². The van der Waals surface area contributed by atoms with Gasteiger partial charge in [0.2, 0.25) is 11.9 Å². The molecule has 29 heavy (non-hydrogen) atoms. The van der Waals surface area contributed by atoms with Gasteiger partial charge in [-0.25, -0.2) is 9.97 Å². The second-order valence-corrected chi connectivity index (χ2v) is 8.38. The lowest BCUT2D eigenvalue weighted by molar-refractivity contribution is -0.126. The van der Waals surface area contributed by atoms with Crippen LogP contribution in [0.5, 0.6) is 0 Å². The van der Waals surface area contributed by atoms with Crippen molar-refractivity contribution in [2.24, 2.45) is 5.92 Å². The van der Waals surface area contributed by atoms with Crippen LogP contribution >= 0.6 is 0 Å². The first-order chi connectivity index (χ1) is 14.2. The van der Waals surface area contributed by atoms with E-state index in [9.17, 15) is 4.79 Å². The molecule has 0 unspecified atom stereocenters. The van der Waals surface area contributed by atoms with Gasteiger partial charge in [-0.3, -0.25) is 9.69 Å². The fraction of sp³-hybridized carbons (Fsp3) is 0.522. The summed E-state index contributed by atoms with van der Waals surface area (Å²) in [7, 11) is 0. The topological polar surface area (TPSA) is 61.4 Å². The van der Waals surface area contributed by atoms with Crippen LogP contribution in [0, 0.1) is 12.8 Å².